The van der Waals surface area contributed by atoms with E-state index in [9.17, 15) is 9.59 Å². The molecule has 6 heteroatoms. The lowest BCUT2D eigenvalue weighted by Crippen LogP contribution is -2.37. The summed E-state index contributed by atoms with van der Waals surface area (Å²) in [5.74, 6) is 0.426. The Labute approximate surface area is 155 Å². The van der Waals surface area contributed by atoms with Gasteiger partial charge < -0.3 is 15.1 Å². The Kier molecular flexibility index (Phi) is 4.00. The van der Waals surface area contributed by atoms with Crippen LogP contribution in [-0.4, -0.2) is 16.6 Å². The molecule has 0 fully saturated rings. The molecule has 0 bridgehead atoms. The molecule has 1 aliphatic heterocycles. The smallest absolute Gasteiger partial charge is 0.251 e. The molecule has 3 aromatic rings. The molecule has 0 radical (unpaired) electrons. The second-order valence-corrected chi connectivity index (χ2v) is 8.38. The van der Waals surface area contributed by atoms with Gasteiger partial charge in [0.2, 0.25) is 5.91 Å². The molecule has 1 aliphatic rings. The molecule has 5 nitrogen and oxygen atoms in total. The third-order valence-corrected chi connectivity index (χ3v) is 5.57. The predicted molar refractivity (Wildman–Crippen MR) is 102 cm³/mol. The van der Waals surface area contributed by atoms with Crippen LogP contribution in [0.15, 0.2) is 57.8 Å². The van der Waals surface area contributed by atoms with Crippen molar-refractivity contribution in [3.8, 4) is 0 Å². The fourth-order valence-electron chi connectivity index (χ4n) is 2.85. The average molecular weight is 366 g/mol. The lowest BCUT2D eigenvalue weighted by Gasteiger charge is -2.29. The number of fused-ring (bicyclic) bond motifs is 2. The van der Waals surface area contributed by atoms with Gasteiger partial charge in [-0.25, -0.2) is 0 Å². The van der Waals surface area contributed by atoms with E-state index < -0.39 is 4.75 Å². The summed E-state index contributed by atoms with van der Waals surface area (Å²) in [6.07, 6.45) is 0. The zero-order valence-corrected chi connectivity index (χ0v) is 15.3. The number of nitrogens with one attached hydrogen (secondary N) is 2. The van der Waals surface area contributed by atoms with Crippen LogP contribution in [0.2, 0.25) is 0 Å². The van der Waals surface area contributed by atoms with E-state index >= 15 is 0 Å². The molecular weight excluding hydrogens is 348 g/mol. The number of hydrogen-bond acceptors (Lipinski definition) is 4. The van der Waals surface area contributed by atoms with Gasteiger partial charge >= 0.3 is 0 Å². The van der Waals surface area contributed by atoms with E-state index in [0.717, 1.165) is 15.9 Å². The number of anilines is 1. The molecule has 0 aliphatic carbocycles. The molecule has 2 N–H and O–H groups in total. The van der Waals surface area contributed by atoms with Crippen LogP contribution in [-0.2, 0) is 11.3 Å². The Morgan fingerprint density at radius 3 is 2.81 bits per heavy atom. The molecule has 2 amide bonds. The number of para-hydroxylation sites is 1. The first-order valence-electron chi connectivity index (χ1n) is 8.32. The Balaban J connectivity index is 1.48. The molecule has 0 spiro atoms. The highest BCUT2D eigenvalue weighted by molar-refractivity contribution is 8.01. The van der Waals surface area contributed by atoms with Crippen LogP contribution in [0, 0.1) is 0 Å². The summed E-state index contributed by atoms with van der Waals surface area (Å²) in [7, 11) is 0. The average Bonchev–Trinajstić information content (AvgIpc) is 3.03. The first-order valence-corrected chi connectivity index (χ1v) is 9.14. The largest absolute Gasteiger partial charge is 0.459 e. The highest BCUT2D eigenvalue weighted by Crippen LogP contribution is 2.42. The molecule has 26 heavy (non-hydrogen) atoms. The second kappa shape index (κ2) is 6.21. The van der Waals surface area contributed by atoms with Crippen LogP contribution in [0.25, 0.3) is 11.0 Å². The van der Waals surface area contributed by atoms with Crippen LogP contribution >= 0.6 is 11.8 Å². The highest BCUT2D eigenvalue weighted by Gasteiger charge is 2.34. The third kappa shape index (κ3) is 3.08. The molecule has 2 aromatic carbocycles. The van der Waals surface area contributed by atoms with Gasteiger partial charge in [0.05, 0.1) is 17.0 Å². The number of carbonyl (C=O) groups excluding carboxylic acids is 2. The van der Waals surface area contributed by atoms with Crippen molar-refractivity contribution in [2.75, 3.05) is 5.32 Å². The minimum atomic E-state index is -0.516. The topological polar surface area (TPSA) is 71.3 Å². The number of benzene rings is 2. The summed E-state index contributed by atoms with van der Waals surface area (Å²) in [6, 6.07) is 15.0. The van der Waals surface area contributed by atoms with Crippen molar-refractivity contribution in [3.63, 3.8) is 0 Å². The third-order valence-electron chi connectivity index (χ3n) is 4.30. The summed E-state index contributed by atoms with van der Waals surface area (Å²) in [4.78, 5) is 25.5. The van der Waals surface area contributed by atoms with Gasteiger partial charge in [-0.05, 0) is 44.2 Å². The maximum atomic E-state index is 12.5. The fraction of sp³-hybridized carbons (Fsp3) is 0.200. The van der Waals surface area contributed by atoms with Gasteiger partial charge in [0.25, 0.3) is 5.91 Å². The van der Waals surface area contributed by atoms with Crippen molar-refractivity contribution in [1.29, 1.82) is 0 Å². The maximum absolute atomic E-state index is 12.5. The van der Waals surface area contributed by atoms with E-state index in [2.05, 4.69) is 10.6 Å². The van der Waals surface area contributed by atoms with E-state index in [1.54, 1.807) is 12.1 Å². The van der Waals surface area contributed by atoms with Crippen molar-refractivity contribution in [2.45, 2.75) is 30.0 Å². The fourth-order valence-corrected chi connectivity index (χ4v) is 3.89. The molecule has 0 unspecified atom stereocenters. The zero-order chi connectivity index (χ0) is 18.3. The van der Waals surface area contributed by atoms with Crippen LogP contribution in [0.3, 0.4) is 0 Å². The quantitative estimate of drug-likeness (QED) is 0.729. The van der Waals surface area contributed by atoms with Crippen molar-refractivity contribution in [3.05, 3.63) is 59.9 Å². The van der Waals surface area contributed by atoms with E-state index in [1.807, 2.05) is 50.2 Å². The molecule has 1 aromatic heterocycles. The van der Waals surface area contributed by atoms with Crippen LogP contribution in [0.1, 0.15) is 30.0 Å². The minimum absolute atomic E-state index is 0.0603. The van der Waals surface area contributed by atoms with Crippen molar-refractivity contribution in [2.24, 2.45) is 0 Å². The highest BCUT2D eigenvalue weighted by atomic mass is 32.2. The van der Waals surface area contributed by atoms with Gasteiger partial charge in [0.15, 0.2) is 0 Å². The molecule has 0 atom stereocenters. The summed E-state index contributed by atoms with van der Waals surface area (Å²) in [5.41, 5.74) is 1.98. The number of thioether (sulfide) groups is 1. The number of furan rings is 1. The zero-order valence-electron chi connectivity index (χ0n) is 14.5. The van der Waals surface area contributed by atoms with Gasteiger partial charge in [-0.1, -0.05) is 18.2 Å². The summed E-state index contributed by atoms with van der Waals surface area (Å²) < 4.78 is 5.19. The molecule has 132 valence electrons. The Morgan fingerprint density at radius 1 is 1.19 bits per heavy atom. The number of amides is 2. The Hall–Kier alpha value is -2.73. The van der Waals surface area contributed by atoms with Crippen LogP contribution in [0.5, 0.6) is 0 Å². The molecule has 2 heterocycles. The van der Waals surface area contributed by atoms with Gasteiger partial charge in [0, 0.05) is 15.8 Å². The van der Waals surface area contributed by atoms with Gasteiger partial charge in [-0.15, -0.1) is 11.8 Å². The van der Waals surface area contributed by atoms with Gasteiger partial charge in [-0.2, -0.15) is 0 Å². The first kappa shape index (κ1) is 16.7. The van der Waals surface area contributed by atoms with Gasteiger partial charge in [-0.3, -0.25) is 9.59 Å². The SMILES string of the molecule is CC1(C)Sc2ccc(C(=O)NCc3cc4ccccc4o3)cc2NC1=O. The second-order valence-electron chi connectivity index (χ2n) is 6.71. The van der Waals surface area contributed by atoms with Crippen molar-refractivity contribution < 1.29 is 14.0 Å². The first-order chi connectivity index (χ1) is 12.4. The number of rotatable bonds is 3. The number of carbonyl (C=O) groups is 2. The minimum Gasteiger partial charge on any atom is -0.459 e. The summed E-state index contributed by atoms with van der Waals surface area (Å²) in [5, 5.41) is 6.74. The summed E-state index contributed by atoms with van der Waals surface area (Å²) in [6.45, 7) is 4.06. The summed E-state index contributed by atoms with van der Waals surface area (Å²) >= 11 is 1.50. The predicted octanol–water partition coefficient (Wildman–Crippen LogP) is 4.19. The number of hydrogen-bond donors (Lipinski definition) is 2. The molecule has 0 saturated carbocycles. The normalized spacial score (nSPS) is 15.4. The molecular formula is C20H18N2O3S. The maximum Gasteiger partial charge on any atom is 0.251 e. The van der Waals surface area contributed by atoms with Crippen LogP contribution in [0.4, 0.5) is 5.69 Å². The van der Waals surface area contributed by atoms with E-state index in [-0.39, 0.29) is 11.8 Å². The van der Waals surface area contributed by atoms with Crippen molar-refractivity contribution >= 4 is 40.2 Å². The lowest BCUT2D eigenvalue weighted by molar-refractivity contribution is -0.117. The molecule has 0 saturated heterocycles. The molecule has 4 rings (SSSR count). The standard InChI is InChI=1S/C20H18N2O3S/c1-20(2)19(24)22-15-10-13(7-8-17(15)26-20)18(23)21-11-14-9-12-5-3-4-6-16(12)25-14/h3-10H,11H2,1-2H3,(H,21,23)(H,22,24). The Bertz CT molecular complexity index is 990. The van der Waals surface area contributed by atoms with Crippen LogP contribution < -0.4 is 10.6 Å². The van der Waals surface area contributed by atoms with E-state index in [0.29, 0.717) is 23.6 Å². The van der Waals surface area contributed by atoms with Gasteiger partial charge in [0.1, 0.15) is 11.3 Å². The van der Waals surface area contributed by atoms with Crippen molar-refractivity contribution in [1.82, 2.24) is 5.32 Å². The van der Waals surface area contributed by atoms with E-state index in [4.69, 9.17) is 4.42 Å². The Morgan fingerprint density at radius 2 is 2.00 bits per heavy atom. The van der Waals surface area contributed by atoms with E-state index in [1.165, 1.54) is 11.8 Å². The monoisotopic (exact) mass is 366 g/mol. The lowest BCUT2D eigenvalue weighted by atomic mass is 10.1.